The molecule has 0 spiro atoms. The molecule has 25 heavy (non-hydrogen) atoms. The number of rotatable bonds is 4. The molecule has 124 valence electrons. The van der Waals surface area contributed by atoms with Crippen molar-refractivity contribution in [2.45, 2.75) is 6.54 Å². The van der Waals surface area contributed by atoms with E-state index in [4.69, 9.17) is 9.52 Å². The molecule has 0 unspecified atom stereocenters. The van der Waals surface area contributed by atoms with Crippen LogP contribution in [0.4, 0.5) is 4.39 Å². The quantitative estimate of drug-likeness (QED) is 0.615. The van der Waals surface area contributed by atoms with Crippen LogP contribution in [0, 0.1) is 5.82 Å². The number of oxazole rings is 1. The highest BCUT2D eigenvalue weighted by atomic mass is 19.1. The molecule has 0 fully saturated rings. The minimum Gasteiger partial charge on any atom is -0.476 e. The monoisotopic (exact) mass is 337 g/mol. The van der Waals surface area contributed by atoms with Crippen LogP contribution < -0.4 is 0 Å². The molecule has 4 rings (SSSR count). The first-order valence-electron chi connectivity index (χ1n) is 7.51. The van der Waals surface area contributed by atoms with Crippen LogP contribution in [0.15, 0.2) is 59.2 Å². The van der Waals surface area contributed by atoms with Gasteiger partial charge in [0.25, 0.3) is 0 Å². The first-order chi connectivity index (χ1) is 12.1. The van der Waals surface area contributed by atoms with Crippen LogP contribution in [-0.2, 0) is 6.54 Å². The number of aromatic carboxylic acids is 1. The van der Waals surface area contributed by atoms with Crippen LogP contribution in [0.25, 0.3) is 22.5 Å². The summed E-state index contributed by atoms with van der Waals surface area (Å²) in [6.45, 7) is 0.236. The Kier molecular flexibility index (Phi) is 3.53. The summed E-state index contributed by atoms with van der Waals surface area (Å²) in [6, 6.07) is 13.9. The average molecular weight is 337 g/mol. The van der Waals surface area contributed by atoms with E-state index in [0.29, 0.717) is 11.3 Å². The Morgan fingerprint density at radius 3 is 2.68 bits per heavy atom. The Labute approximate surface area is 141 Å². The van der Waals surface area contributed by atoms with Gasteiger partial charge in [-0.1, -0.05) is 36.4 Å². The van der Waals surface area contributed by atoms with Gasteiger partial charge in [0.05, 0.1) is 12.1 Å². The van der Waals surface area contributed by atoms with Gasteiger partial charge in [0.15, 0.2) is 11.4 Å². The standard InChI is InChI=1S/C18H12FN3O3/c19-13-7-3-1-5-11(13)9-22-15-8-4-2-6-12(15)16(21-22)17-20-14(10-25-17)18(23)24/h1-8,10H,9H2,(H,23,24). The van der Waals surface area contributed by atoms with Gasteiger partial charge in [-0.25, -0.2) is 14.2 Å². The molecule has 2 aromatic heterocycles. The SMILES string of the molecule is O=C(O)c1coc(-c2nn(Cc3ccccc3F)c3ccccc23)n1. The number of hydrogen-bond donors (Lipinski definition) is 1. The number of fused-ring (bicyclic) bond motifs is 1. The maximum Gasteiger partial charge on any atom is 0.357 e. The number of nitrogens with zero attached hydrogens (tertiary/aromatic N) is 3. The Morgan fingerprint density at radius 1 is 1.16 bits per heavy atom. The number of benzene rings is 2. The fourth-order valence-electron chi connectivity index (χ4n) is 2.67. The minimum absolute atomic E-state index is 0.112. The summed E-state index contributed by atoms with van der Waals surface area (Å²) in [5, 5.41) is 14.2. The van der Waals surface area contributed by atoms with Gasteiger partial charge in [-0.2, -0.15) is 5.10 Å². The lowest BCUT2D eigenvalue weighted by Gasteiger charge is -2.04. The zero-order valence-electron chi connectivity index (χ0n) is 12.9. The van der Waals surface area contributed by atoms with E-state index >= 15 is 0 Å². The molecule has 0 atom stereocenters. The predicted molar refractivity (Wildman–Crippen MR) is 87.7 cm³/mol. The van der Waals surface area contributed by atoms with Gasteiger partial charge in [0, 0.05) is 10.9 Å². The Balaban J connectivity index is 1.83. The lowest BCUT2D eigenvalue weighted by Crippen LogP contribution is -2.03. The molecule has 0 saturated carbocycles. The van der Waals surface area contributed by atoms with E-state index in [-0.39, 0.29) is 23.9 Å². The maximum absolute atomic E-state index is 14.0. The van der Waals surface area contributed by atoms with Crippen LogP contribution in [0.2, 0.25) is 0 Å². The molecule has 0 amide bonds. The van der Waals surface area contributed by atoms with E-state index in [1.807, 2.05) is 24.3 Å². The van der Waals surface area contributed by atoms with Crippen LogP contribution in [-0.4, -0.2) is 25.8 Å². The molecule has 0 aliphatic heterocycles. The second kappa shape index (κ2) is 5.86. The molecule has 6 nitrogen and oxygen atoms in total. The van der Waals surface area contributed by atoms with E-state index in [0.717, 1.165) is 17.2 Å². The molecule has 0 aliphatic carbocycles. The lowest BCUT2D eigenvalue weighted by atomic mass is 10.2. The normalized spacial score (nSPS) is 11.1. The van der Waals surface area contributed by atoms with E-state index < -0.39 is 5.97 Å². The minimum atomic E-state index is -1.18. The zero-order chi connectivity index (χ0) is 17.4. The third-order valence-corrected chi connectivity index (χ3v) is 3.86. The number of aromatic nitrogens is 3. The molecule has 2 heterocycles. The van der Waals surface area contributed by atoms with Crippen molar-refractivity contribution in [2.75, 3.05) is 0 Å². The molecule has 0 bridgehead atoms. The van der Waals surface area contributed by atoms with Gasteiger partial charge in [0.1, 0.15) is 12.1 Å². The largest absolute Gasteiger partial charge is 0.476 e. The summed E-state index contributed by atoms with van der Waals surface area (Å²) in [5.74, 6) is -1.38. The van der Waals surface area contributed by atoms with Crippen LogP contribution in [0.5, 0.6) is 0 Å². The molecule has 7 heteroatoms. The molecule has 4 aromatic rings. The molecule has 1 N–H and O–H groups in total. The third-order valence-electron chi connectivity index (χ3n) is 3.86. The number of hydrogen-bond acceptors (Lipinski definition) is 4. The van der Waals surface area contributed by atoms with Crippen molar-refractivity contribution < 1.29 is 18.7 Å². The first-order valence-corrected chi connectivity index (χ1v) is 7.51. The maximum atomic E-state index is 14.0. The van der Waals surface area contributed by atoms with Crippen molar-refractivity contribution in [3.05, 3.63) is 71.9 Å². The number of para-hydroxylation sites is 1. The highest BCUT2D eigenvalue weighted by molar-refractivity contribution is 5.92. The third kappa shape index (κ3) is 2.65. The van der Waals surface area contributed by atoms with E-state index in [9.17, 15) is 9.18 Å². The van der Waals surface area contributed by atoms with Gasteiger partial charge >= 0.3 is 5.97 Å². The highest BCUT2D eigenvalue weighted by Crippen LogP contribution is 2.28. The van der Waals surface area contributed by atoms with Crippen molar-refractivity contribution in [1.29, 1.82) is 0 Å². The molecular formula is C18H12FN3O3. The fraction of sp³-hybridized carbons (Fsp3) is 0.0556. The summed E-state index contributed by atoms with van der Waals surface area (Å²) < 4.78 is 20.9. The van der Waals surface area contributed by atoms with Gasteiger partial charge in [-0.15, -0.1) is 0 Å². The van der Waals surface area contributed by atoms with Crippen LogP contribution in [0.1, 0.15) is 16.1 Å². The fourth-order valence-corrected chi connectivity index (χ4v) is 2.67. The molecule has 0 aliphatic rings. The lowest BCUT2D eigenvalue weighted by molar-refractivity contribution is 0.0690. The molecular weight excluding hydrogens is 325 g/mol. The smallest absolute Gasteiger partial charge is 0.357 e. The summed E-state index contributed by atoms with van der Waals surface area (Å²) in [4.78, 5) is 15.0. The Bertz CT molecular complexity index is 1080. The second-order valence-corrected chi connectivity index (χ2v) is 5.46. The van der Waals surface area contributed by atoms with Crippen LogP contribution in [0.3, 0.4) is 0 Å². The van der Waals surface area contributed by atoms with Crippen LogP contribution >= 0.6 is 0 Å². The average Bonchev–Trinajstić information content (AvgIpc) is 3.22. The zero-order valence-corrected chi connectivity index (χ0v) is 12.9. The molecule has 0 radical (unpaired) electrons. The molecule has 0 saturated heterocycles. The summed E-state index contributed by atoms with van der Waals surface area (Å²) in [5.41, 5.74) is 1.50. The van der Waals surface area contributed by atoms with Gasteiger partial charge in [-0.3, -0.25) is 4.68 Å². The molecule has 2 aromatic carbocycles. The van der Waals surface area contributed by atoms with Crippen molar-refractivity contribution in [3.63, 3.8) is 0 Å². The number of carboxylic acids is 1. The van der Waals surface area contributed by atoms with Crippen molar-refractivity contribution >= 4 is 16.9 Å². The Morgan fingerprint density at radius 2 is 1.92 bits per heavy atom. The summed E-state index contributed by atoms with van der Waals surface area (Å²) in [6.07, 6.45) is 1.07. The number of halogens is 1. The predicted octanol–water partition coefficient (Wildman–Crippen LogP) is 3.58. The van der Waals surface area contributed by atoms with Crippen molar-refractivity contribution in [3.8, 4) is 11.6 Å². The number of carbonyl (C=O) groups is 1. The highest BCUT2D eigenvalue weighted by Gasteiger charge is 2.19. The van der Waals surface area contributed by atoms with Crippen molar-refractivity contribution in [2.24, 2.45) is 0 Å². The summed E-state index contributed by atoms with van der Waals surface area (Å²) >= 11 is 0. The Hall–Kier alpha value is -3.48. The van der Waals surface area contributed by atoms with Gasteiger partial charge < -0.3 is 9.52 Å². The topological polar surface area (TPSA) is 81.1 Å². The van der Waals surface area contributed by atoms with Gasteiger partial charge in [0.2, 0.25) is 5.89 Å². The van der Waals surface area contributed by atoms with Gasteiger partial charge in [-0.05, 0) is 12.1 Å². The summed E-state index contributed by atoms with van der Waals surface area (Å²) in [7, 11) is 0. The van der Waals surface area contributed by atoms with E-state index in [1.54, 1.807) is 22.9 Å². The van der Waals surface area contributed by atoms with Crippen molar-refractivity contribution in [1.82, 2.24) is 14.8 Å². The number of carboxylic acid groups (broad SMARTS) is 1. The van der Waals surface area contributed by atoms with E-state index in [1.165, 1.54) is 6.07 Å². The second-order valence-electron chi connectivity index (χ2n) is 5.46. The van der Waals surface area contributed by atoms with E-state index in [2.05, 4.69) is 10.1 Å². The first kappa shape index (κ1) is 15.1.